The lowest BCUT2D eigenvalue weighted by molar-refractivity contribution is 0.0948. The summed E-state index contributed by atoms with van der Waals surface area (Å²) in [5.74, 6) is 0.632. The van der Waals surface area contributed by atoms with Crippen LogP contribution < -0.4 is 5.32 Å². The van der Waals surface area contributed by atoms with Crippen LogP contribution in [0.1, 0.15) is 36.2 Å². The predicted octanol–water partition coefficient (Wildman–Crippen LogP) is 0.874. The number of aromatic nitrogens is 6. The van der Waals surface area contributed by atoms with Gasteiger partial charge in [0.05, 0.1) is 0 Å². The van der Waals surface area contributed by atoms with Crippen LogP contribution in [0.25, 0.3) is 5.65 Å². The van der Waals surface area contributed by atoms with Crippen molar-refractivity contribution in [3.63, 3.8) is 0 Å². The lowest BCUT2D eigenvalue weighted by Crippen LogP contribution is -2.27. The molecule has 0 atom stereocenters. The summed E-state index contributed by atoms with van der Waals surface area (Å²) in [7, 11) is 0. The van der Waals surface area contributed by atoms with Gasteiger partial charge in [-0.05, 0) is 19.9 Å². The smallest absolute Gasteiger partial charge is 0.271 e. The van der Waals surface area contributed by atoms with E-state index in [2.05, 4.69) is 39.4 Å². The summed E-state index contributed by atoms with van der Waals surface area (Å²) < 4.78 is 3.56. The molecule has 0 aliphatic heterocycles. The molecule has 0 saturated heterocycles. The molecule has 8 nitrogen and oxygen atoms in total. The number of fused-ring (bicyclic) bond motifs is 1. The molecule has 0 aromatic carbocycles. The van der Waals surface area contributed by atoms with Crippen molar-refractivity contribution < 1.29 is 4.79 Å². The highest BCUT2D eigenvalue weighted by molar-refractivity contribution is 5.93. The maximum atomic E-state index is 12.1. The van der Waals surface area contributed by atoms with Crippen LogP contribution in [-0.4, -0.2) is 41.8 Å². The van der Waals surface area contributed by atoms with Crippen molar-refractivity contribution in [2.75, 3.05) is 6.54 Å². The highest BCUT2D eigenvalue weighted by Crippen LogP contribution is 2.07. The van der Waals surface area contributed by atoms with E-state index >= 15 is 0 Å². The van der Waals surface area contributed by atoms with Gasteiger partial charge in [-0.25, -0.2) is 9.50 Å². The van der Waals surface area contributed by atoms with E-state index < -0.39 is 0 Å². The third-order valence-corrected chi connectivity index (χ3v) is 3.31. The second-order valence-electron chi connectivity index (χ2n) is 5.21. The molecule has 114 valence electrons. The zero-order chi connectivity index (χ0) is 15.5. The molecule has 1 amide bonds. The Morgan fingerprint density at radius 3 is 3.05 bits per heavy atom. The molecule has 22 heavy (non-hydrogen) atoms. The highest BCUT2D eigenvalue weighted by atomic mass is 16.1. The molecule has 0 unspecified atom stereocenters. The van der Waals surface area contributed by atoms with Crippen molar-refractivity contribution in [2.45, 2.75) is 26.3 Å². The van der Waals surface area contributed by atoms with Crippen molar-refractivity contribution in [1.29, 1.82) is 0 Å². The first-order valence-electron chi connectivity index (χ1n) is 7.12. The number of nitrogens with zero attached hydrogens (tertiary/aromatic N) is 6. The van der Waals surface area contributed by atoms with E-state index in [9.17, 15) is 4.79 Å². The molecule has 0 saturated carbocycles. The Kier molecular flexibility index (Phi) is 3.82. The second kappa shape index (κ2) is 5.92. The zero-order valence-electron chi connectivity index (χ0n) is 12.5. The minimum absolute atomic E-state index is 0.221. The summed E-state index contributed by atoms with van der Waals surface area (Å²) in [4.78, 5) is 16.2. The molecule has 0 aliphatic carbocycles. The van der Waals surface area contributed by atoms with Crippen molar-refractivity contribution >= 4 is 11.6 Å². The normalized spacial score (nSPS) is 11.2. The average molecular weight is 299 g/mol. The van der Waals surface area contributed by atoms with Gasteiger partial charge in [-0.1, -0.05) is 0 Å². The number of rotatable bonds is 5. The van der Waals surface area contributed by atoms with Gasteiger partial charge in [-0.2, -0.15) is 5.10 Å². The molecule has 0 radical (unpaired) electrons. The quantitative estimate of drug-likeness (QED) is 0.755. The summed E-state index contributed by atoms with van der Waals surface area (Å²) in [6, 6.07) is 3.72. The molecule has 8 heteroatoms. The van der Waals surface area contributed by atoms with Gasteiger partial charge >= 0.3 is 0 Å². The van der Waals surface area contributed by atoms with Crippen LogP contribution in [0.15, 0.2) is 30.9 Å². The minimum atomic E-state index is -0.221. The largest absolute Gasteiger partial charge is 0.350 e. The number of amides is 1. The average Bonchev–Trinajstić information content (AvgIpc) is 3.13. The topological polar surface area (TPSA) is 90.0 Å². The standard InChI is InChI=1S/C14H17N7O/c1-10(2)20-9-17-18-12(20)4-6-16-14(22)11-8-13-15-5-3-7-21(13)19-11/h3,5,7-10H,4,6H2,1-2H3,(H,16,22). The maximum absolute atomic E-state index is 12.1. The van der Waals surface area contributed by atoms with Crippen LogP contribution in [0.2, 0.25) is 0 Å². The molecular formula is C14H17N7O. The fourth-order valence-electron chi connectivity index (χ4n) is 2.20. The highest BCUT2D eigenvalue weighted by Gasteiger charge is 2.12. The summed E-state index contributed by atoms with van der Waals surface area (Å²) in [6.07, 6.45) is 5.74. The van der Waals surface area contributed by atoms with Crippen molar-refractivity contribution in [2.24, 2.45) is 0 Å². The van der Waals surface area contributed by atoms with E-state index in [1.54, 1.807) is 35.4 Å². The lowest BCUT2D eigenvalue weighted by atomic mass is 10.3. The van der Waals surface area contributed by atoms with Gasteiger partial charge in [-0.3, -0.25) is 4.79 Å². The molecule has 3 aromatic rings. The fourth-order valence-corrected chi connectivity index (χ4v) is 2.20. The molecule has 0 fully saturated rings. The van der Waals surface area contributed by atoms with Gasteiger partial charge in [-0.15, -0.1) is 10.2 Å². The fraction of sp³-hybridized carbons (Fsp3) is 0.357. The van der Waals surface area contributed by atoms with E-state index in [4.69, 9.17) is 0 Å². The first kappa shape index (κ1) is 14.2. The lowest BCUT2D eigenvalue weighted by Gasteiger charge is -2.09. The van der Waals surface area contributed by atoms with Crippen LogP contribution in [0.5, 0.6) is 0 Å². The van der Waals surface area contributed by atoms with E-state index in [1.165, 1.54) is 0 Å². The Bertz CT molecular complexity index is 756. The van der Waals surface area contributed by atoms with Crippen LogP contribution in [0.4, 0.5) is 0 Å². The van der Waals surface area contributed by atoms with Gasteiger partial charge in [0, 0.05) is 37.5 Å². The first-order chi connectivity index (χ1) is 10.6. The summed E-state index contributed by atoms with van der Waals surface area (Å²) in [5.41, 5.74) is 0.997. The van der Waals surface area contributed by atoms with Gasteiger partial charge < -0.3 is 9.88 Å². The van der Waals surface area contributed by atoms with Gasteiger partial charge in [0.1, 0.15) is 12.2 Å². The van der Waals surface area contributed by atoms with Gasteiger partial charge in [0.25, 0.3) is 5.91 Å². The third kappa shape index (κ3) is 2.80. The molecule has 0 aliphatic rings. The van der Waals surface area contributed by atoms with Crippen LogP contribution in [0.3, 0.4) is 0 Å². The molecule has 1 N–H and O–H groups in total. The SMILES string of the molecule is CC(C)n1cnnc1CCNC(=O)c1cc2ncccn2n1. The number of carbonyl (C=O) groups is 1. The molecule has 3 heterocycles. The van der Waals surface area contributed by atoms with Crippen LogP contribution in [-0.2, 0) is 6.42 Å². The van der Waals surface area contributed by atoms with E-state index in [1.807, 2.05) is 4.57 Å². The Morgan fingerprint density at radius 2 is 2.27 bits per heavy atom. The number of carbonyl (C=O) groups excluding carboxylic acids is 1. The summed E-state index contributed by atoms with van der Waals surface area (Å²) in [6.45, 7) is 4.61. The number of hydrogen-bond donors (Lipinski definition) is 1. The molecule has 3 rings (SSSR count). The van der Waals surface area contributed by atoms with Crippen molar-refractivity contribution in [3.05, 3.63) is 42.4 Å². The second-order valence-corrected chi connectivity index (χ2v) is 5.21. The first-order valence-corrected chi connectivity index (χ1v) is 7.12. The predicted molar refractivity (Wildman–Crippen MR) is 79.4 cm³/mol. The Labute approximate surface area is 127 Å². The van der Waals surface area contributed by atoms with E-state index in [0.717, 1.165) is 5.82 Å². The molecule has 3 aromatic heterocycles. The van der Waals surface area contributed by atoms with Crippen LogP contribution in [0, 0.1) is 0 Å². The Balaban J connectivity index is 1.61. The zero-order valence-corrected chi connectivity index (χ0v) is 12.5. The van der Waals surface area contributed by atoms with Gasteiger partial charge in [0.2, 0.25) is 0 Å². The van der Waals surface area contributed by atoms with Crippen molar-refractivity contribution in [1.82, 2.24) is 34.7 Å². The molecule has 0 bridgehead atoms. The van der Waals surface area contributed by atoms with Crippen molar-refractivity contribution in [3.8, 4) is 0 Å². The number of hydrogen-bond acceptors (Lipinski definition) is 5. The molecule has 0 spiro atoms. The van der Waals surface area contributed by atoms with Gasteiger partial charge in [0.15, 0.2) is 11.3 Å². The molecular weight excluding hydrogens is 282 g/mol. The van der Waals surface area contributed by atoms with E-state index in [-0.39, 0.29) is 5.91 Å². The monoisotopic (exact) mass is 299 g/mol. The summed E-state index contributed by atoms with van der Waals surface area (Å²) in [5, 5.41) is 15.0. The van der Waals surface area contributed by atoms with E-state index in [0.29, 0.717) is 30.3 Å². The Morgan fingerprint density at radius 1 is 1.41 bits per heavy atom. The Hall–Kier alpha value is -2.77. The summed E-state index contributed by atoms with van der Waals surface area (Å²) >= 11 is 0. The third-order valence-electron chi connectivity index (χ3n) is 3.31. The van der Waals surface area contributed by atoms with Crippen LogP contribution >= 0.6 is 0 Å². The minimum Gasteiger partial charge on any atom is -0.350 e. The number of nitrogens with one attached hydrogen (secondary N) is 1. The maximum Gasteiger partial charge on any atom is 0.271 e.